The molecular formula is C22H20ClN3O2S2. The molecule has 0 aromatic heterocycles. The quantitative estimate of drug-likeness (QED) is 0.421. The van der Waals surface area contributed by atoms with Crippen LogP contribution in [0.15, 0.2) is 62.3 Å². The summed E-state index contributed by atoms with van der Waals surface area (Å²) in [4.78, 5) is 35.0. The molecule has 30 heavy (non-hydrogen) atoms. The lowest BCUT2D eigenvalue weighted by Crippen LogP contribution is -2.29. The van der Waals surface area contributed by atoms with Crippen LogP contribution in [0.4, 0.5) is 11.4 Å². The SMILES string of the molecule is CCN1C(=O)/C(=C2/Sc3ccc(Cl)cc3N2CC)SC1=Nc1ccc(C(C)=O)cc1. The molecule has 2 aliphatic heterocycles. The van der Waals surface area contributed by atoms with Crippen molar-refractivity contribution in [3.05, 3.63) is 63.0 Å². The number of aliphatic imine (C=N–C) groups is 1. The van der Waals surface area contributed by atoms with Crippen LogP contribution >= 0.6 is 35.1 Å². The summed E-state index contributed by atoms with van der Waals surface area (Å²) >= 11 is 9.18. The Morgan fingerprint density at radius 3 is 2.37 bits per heavy atom. The van der Waals surface area contributed by atoms with Gasteiger partial charge in [0, 0.05) is 28.6 Å². The van der Waals surface area contributed by atoms with Crippen molar-refractivity contribution in [1.29, 1.82) is 0 Å². The number of benzene rings is 2. The number of rotatable bonds is 4. The van der Waals surface area contributed by atoms with Crippen LogP contribution in [0.5, 0.6) is 0 Å². The average molecular weight is 458 g/mol. The van der Waals surface area contributed by atoms with Crippen LogP contribution in [-0.4, -0.2) is 34.8 Å². The lowest BCUT2D eigenvalue weighted by Gasteiger charge is -2.19. The highest BCUT2D eigenvalue weighted by Crippen LogP contribution is 2.51. The number of ketones is 1. The first-order chi connectivity index (χ1) is 14.4. The van der Waals surface area contributed by atoms with Gasteiger partial charge in [0.25, 0.3) is 5.91 Å². The van der Waals surface area contributed by atoms with E-state index >= 15 is 0 Å². The molecular weight excluding hydrogens is 438 g/mol. The lowest BCUT2D eigenvalue weighted by atomic mass is 10.1. The molecule has 0 spiro atoms. The number of amidine groups is 1. The molecule has 0 aliphatic carbocycles. The third kappa shape index (κ3) is 3.77. The first kappa shape index (κ1) is 21.0. The van der Waals surface area contributed by atoms with Crippen molar-refractivity contribution in [3.63, 3.8) is 0 Å². The molecule has 154 valence electrons. The normalized spacial score (nSPS) is 19.7. The van der Waals surface area contributed by atoms with Gasteiger partial charge in [0.05, 0.1) is 11.4 Å². The van der Waals surface area contributed by atoms with Crippen LogP contribution < -0.4 is 4.90 Å². The zero-order chi connectivity index (χ0) is 21.4. The van der Waals surface area contributed by atoms with E-state index in [1.165, 1.54) is 18.7 Å². The highest BCUT2D eigenvalue weighted by molar-refractivity contribution is 8.19. The van der Waals surface area contributed by atoms with Gasteiger partial charge in [-0.1, -0.05) is 23.4 Å². The first-order valence-electron chi connectivity index (χ1n) is 9.61. The Morgan fingerprint density at radius 2 is 1.73 bits per heavy atom. The van der Waals surface area contributed by atoms with Crippen LogP contribution in [-0.2, 0) is 4.79 Å². The molecule has 2 aromatic rings. The molecule has 5 nitrogen and oxygen atoms in total. The van der Waals surface area contributed by atoms with E-state index in [0.717, 1.165) is 22.2 Å². The van der Waals surface area contributed by atoms with Gasteiger partial charge in [-0.05, 0) is 75.0 Å². The number of hydrogen-bond acceptors (Lipinski definition) is 6. The number of hydrogen-bond donors (Lipinski definition) is 0. The maximum absolute atomic E-state index is 13.2. The summed E-state index contributed by atoms with van der Waals surface area (Å²) in [6, 6.07) is 12.9. The zero-order valence-corrected chi connectivity index (χ0v) is 19.2. The molecule has 0 unspecified atom stereocenters. The van der Waals surface area contributed by atoms with Crippen LogP contribution in [0.2, 0.25) is 5.02 Å². The fraction of sp³-hybridized carbons (Fsp3) is 0.227. The second kappa shape index (κ2) is 8.49. The Hall–Kier alpha value is -2.22. The molecule has 0 N–H and O–H groups in total. The minimum Gasteiger partial charge on any atom is -0.334 e. The summed E-state index contributed by atoms with van der Waals surface area (Å²) in [5.74, 6) is -0.0270. The maximum Gasteiger partial charge on any atom is 0.269 e. The van der Waals surface area contributed by atoms with Crippen molar-refractivity contribution < 1.29 is 9.59 Å². The topological polar surface area (TPSA) is 53.0 Å². The number of nitrogens with zero attached hydrogens (tertiary/aromatic N) is 3. The minimum absolute atomic E-state index is 0.0133. The Bertz CT molecular complexity index is 1100. The average Bonchev–Trinajstić information content (AvgIpc) is 3.24. The third-order valence-electron chi connectivity index (χ3n) is 4.85. The van der Waals surface area contributed by atoms with Gasteiger partial charge in [0.2, 0.25) is 0 Å². The Labute approximate surface area is 189 Å². The standard InChI is InChI=1S/C22H20ClN3O2S2/c1-4-25-17-12-15(23)8-11-18(17)29-21(25)19-20(28)26(5-2)22(30-19)24-16-9-6-14(7-10-16)13(3)27/h6-12H,4-5H2,1-3H3/b21-19-,24-22?. The van der Waals surface area contributed by atoms with Crippen molar-refractivity contribution >= 4 is 63.4 Å². The lowest BCUT2D eigenvalue weighted by molar-refractivity contribution is -0.122. The molecule has 1 fully saturated rings. The summed E-state index contributed by atoms with van der Waals surface area (Å²) < 4.78 is 0. The minimum atomic E-state index is -0.0403. The monoisotopic (exact) mass is 457 g/mol. The molecule has 1 saturated heterocycles. The van der Waals surface area contributed by atoms with Gasteiger partial charge in [0.15, 0.2) is 11.0 Å². The van der Waals surface area contributed by atoms with Crippen LogP contribution in [0.25, 0.3) is 0 Å². The molecule has 2 heterocycles. The van der Waals surface area contributed by atoms with Crippen molar-refractivity contribution in [3.8, 4) is 0 Å². The zero-order valence-electron chi connectivity index (χ0n) is 16.8. The van der Waals surface area contributed by atoms with Gasteiger partial charge in [-0.3, -0.25) is 14.5 Å². The van der Waals surface area contributed by atoms with E-state index in [9.17, 15) is 9.59 Å². The molecule has 0 radical (unpaired) electrons. The number of Topliss-reactive ketones (excluding diaryl/α,β-unsaturated/α-hetero) is 1. The van der Waals surface area contributed by atoms with E-state index in [4.69, 9.17) is 11.6 Å². The molecule has 8 heteroatoms. The van der Waals surface area contributed by atoms with Crippen molar-refractivity contribution in [2.45, 2.75) is 25.7 Å². The van der Waals surface area contributed by atoms with E-state index in [-0.39, 0.29) is 11.7 Å². The summed E-state index contributed by atoms with van der Waals surface area (Å²) in [5.41, 5.74) is 2.38. The Morgan fingerprint density at radius 1 is 1.03 bits per heavy atom. The van der Waals surface area contributed by atoms with Crippen LogP contribution in [0, 0.1) is 0 Å². The Balaban J connectivity index is 1.71. The number of carbonyl (C=O) groups excluding carboxylic acids is 2. The number of likely N-dealkylation sites (N-methyl/N-ethyl adjacent to an activating group) is 1. The van der Waals surface area contributed by atoms with Crippen LogP contribution in [0.1, 0.15) is 31.1 Å². The predicted octanol–water partition coefficient (Wildman–Crippen LogP) is 5.93. The van der Waals surface area contributed by atoms with Gasteiger partial charge >= 0.3 is 0 Å². The van der Waals surface area contributed by atoms with Crippen molar-refractivity contribution in [1.82, 2.24) is 4.90 Å². The van der Waals surface area contributed by atoms with E-state index in [2.05, 4.69) is 16.8 Å². The summed E-state index contributed by atoms with van der Waals surface area (Å²) in [7, 11) is 0. The highest BCUT2D eigenvalue weighted by atomic mass is 35.5. The number of fused-ring (bicyclic) bond motifs is 1. The maximum atomic E-state index is 13.2. The number of anilines is 1. The van der Waals surface area contributed by atoms with E-state index in [1.807, 2.05) is 25.1 Å². The number of carbonyl (C=O) groups is 2. The molecule has 0 atom stereocenters. The fourth-order valence-electron chi connectivity index (χ4n) is 3.32. The van der Waals surface area contributed by atoms with Gasteiger partial charge in [-0.25, -0.2) is 4.99 Å². The smallest absolute Gasteiger partial charge is 0.269 e. The first-order valence-corrected chi connectivity index (χ1v) is 11.6. The van der Waals surface area contributed by atoms with Crippen molar-refractivity contribution in [2.75, 3.05) is 18.0 Å². The molecule has 1 amide bonds. The molecule has 0 saturated carbocycles. The van der Waals surface area contributed by atoms with Gasteiger partial charge in [-0.2, -0.15) is 0 Å². The summed E-state index contributed by atoms with van der Waals surface area (Å²) in [5, 5.41) is 2.24. The summed E-state index contributed by atoms with van der Waals surface area (Å²) in [6.45, 7) is 6.80. The second-order valence-electron chi connectivity index (χ2n) is 6.74. The molecule has 0 bridgehead atoms. The molecule has 4 rings (SSSR count). The van der Waals surface area contributed by atoms with Crippen molar-refractivity contribution in [2.24, 2.45) is 4.99 Å². The highest BCUT2D eigenvalue weighted by Gasteiger charge is 2.39. The number of halogens is 1. The van der Waals surface area contributed by atoms with Gasteiger partial charge in [0.1, 0.15) is 9.93 Å². The number of amides is 1. The van der Waals surface area contributed by atoms with E-state index in [1.54, 1.807) is 40.9 Å². The fourth-order valence-corrected chi connectivity index (χ4v) is 5.92. The molecule has 2 aromatic carbocycles. The number of thioether (sulfide) groups is 2. The third-order valence-corrected chi connectivity index (χ3v) is 7.47. The van der Waals surface area contributed by atoms with E-state index in [0.29, 0.717) is 32.9 Å². The van der Waals surface area contributed by atoms with Gasteiger partial charge in [-0.15, -0.1) is 0 Å². The second-order valence-corrected chi connectivity index (χ2v) is 9.19. The largest absolute Gasteiger partial charge is 0.334 e. The van der Waals surface area contributed by atoms with E-state index < -0.39 is 0 Å². The van der Waals surface area contributed by atoms with Gasteiger partial charge < -0.3 is 4.90 Å². The predicted molar refractivity (Wildman–Crippen MR) is 126 cm³/mol. The summed E-state index contributed by atoms with van der Waals surface area (Å²) in [6.07, 6.45) is 0. The molecule has 2 aliphatic rings. The van der Waals surface area contributed by atoms with Crippen LogP contribution in [0.3, 0.4) is 0 Å². The Kier molecular flexibility index (Phi) is 5.95.